The minimum absolute atomic E-state index is 0.210. The molecule has 0 radical (unpaired) electrons. The van der Waals surface area contributed by atoms with Gasteiger partial charge in [-0.3, -0.25) is 14.9 Å². The Bertz CT molecular complexity index is 993. The number of rotatable bonds is 7. The Morgan fingerprint density at radius 1 is 1.11 bits per heavy atom. The molecule has 0 saturated carbocycles. The van der Waals surface area contributed by atoms with E-state index in [0.29, 0.717) is 6.07 Å². The Morgan fingerprint density at radius 3 is 2.43 bits per heavy atom. The predicted molar refractivity (Wildman–Crippen MR) is 91.6 cm³/mol. The van der Waals surface area contributed by atoms with Gasteiger partial charge in [0.2, 0.25) is 15.9 Å². The van der Waals surface area contributed by atoms with E-state index in [1.807, 2.05) is 4.72 Å². The lowest BCUT2D eigenvalue weighted by molar-refractivity contribution is -0.385. The fourth-order valence-electron chi connectivity index (χ4n) is 2.18. The van der Waals surface area contributed by atoms with Crippen molar-refractivity contribution in [2.75, 3.05) is 6.54 Å². The molecule has 12 heteroatoms. The van der Waals surface area contributed by atoms with Gasteiger partial charge in [0, 0.05) is 18.2 Å². The van der Waals surface area contributed by atoms with E-state index in [1.54, 1.807) is 0 Å². The van der Waals surface area contributed by atoms with Crippen LogP contribution in [0.15, 0.2) is 53.4 Å². The summed E-state index contributed by atoms with van der Waals surface area (Å²) in [6.07, 6.45) is -4.71. The zero-order valence-corrected chi connectivity index (χ0v) is 14.9. The maximum Gasteiger partial charge on any atom is 0.416 e. The number of sulfonamides is 1. The molecule has 1 amide bonds. The van der Waals surface area contributed by atoms with Crippen molar-refractivity contribution in [3.8, 4) is 0 Å². The van der Waals surface area contributed by atoms with Crippen LogP contribution in [0.25, 0.3) is 0 Å². The minimum Gasteiger partial charge on any atom is -0.351 e. The summed E-state index contributed by atoms with van der Waals surface area (Å²) in [5.74, 6) is -0.811. The molecule has 0 aliphatic heterocycles. The molecule has 2 N–H and O–H groups in total. The van der Waals surface area contributed by atoms with Crippen LogP contribution in [0.5, 0.6) is 0 Å². The van der Waals surface area contributed by atoms with Crippen molar-refractivity contribution in [3.63, 3.8) is 0 Å². The van der Waals surface area contributed by atoms with E-state index in [2.05, 4.69) is 5.32 Å². The molecule has 28 heavy (non-hydrogen) atoms. The summed E-state index contributed by atoms with van der Waals surface area (Å²) in [5, 5.41) is 13.2. The second-order valence-electron chi connectivity index (χ2n) is 5.51. The summed E-state index contributed by atoms with van der Waals surface area (Å²) in [4.78, 5) is 21.4. The largest absolute Gasteiger partial charge is 0.416 e. The lowest BCUT2D eigenvalue weighted by Gasteiger charge is -2.10. The summed E-state index contributed by atoms with van der Waals surface area (Å²) in [5.41, 5.74) is -1.15. The Labute approximate surface area is 157 Å². The van der Waals surface area contributed by atoms with Gasteiger partial charge in [-0.25, -0.2) is 13.1 Å². The van der Waals surface area contributed by atoms with Crippen molar-refractivity contribution < 1.29 is 31.3 Å². The number of alkyl halides is 3. The molecule has 2 aromatic carbocycles. The van der Waals surface area contributed by atoms with Crippen LogP contribution in [0.1, 0.15) is 11.1 Å². The van der Waals surface area contributed by atoms with E-state index >= 15 is 0 Å². The van der Waals surface area contributed by atoms with E-state index in [0.717, 1.165) is 18.2 Å². The standard InChI is InChI=1S/C16H14F3N3O5S/c17-16(18,19)12-5-3-6-13(8-12)28(26,27)21-10-15(23)20-9-11-4-1-2-7-14(11)22(24)25/h1-8,21H,9-10H2,(H,20,23). The molecule has 0 unspecified atom stereocenters. The number of nitrogens with one attached hydrogen (secondary N) is 2. The van der Waals surface area contributed by atoms with Gasteiger partial charge in [-0.1, -0.05) is 24.3 Å². The molecule has 0 spiro atoms. The average Bonchev–Trinajstić information content (AvgIpc) is 2.64. The first-order chi connectivity index (χ1) is 13.0. The third kappa shape index (κ3) is 5.50. The summed E-state index contributed by atoms with van der Waals surface area (Å²) < 4.78 is 64.1. The number of halogens is 3. The van der Waals surface area contributed by atoms with Crippen molar-refractivity contribution in [1.29, 1.82) is 0 Å². The van der Waals surface area contributed by atoms with Gasteiger partial charge in [0.15, 0.2) is 0 Å². The Balaban J connectivity index is 2.00. The van der Waals surface area contributed by atoms with Crippen LogP contribution in [-0.4, -0.2) is 25.8 Å². The zero-order valence-electron chi connectivity index (χ0n) is 14.1. The van der Waals surface area contributed by atoms with E-state index < -0.39 is 44.0 Å². The van der Waals surface area contributed by atoms with Gasteiger partial charge in [-0.15, -0.1) is 0 Å². The number of nitro benzene ring substituents is 1. The number of hydrogen-bond donors (Lipinski definition) is 2. The lowest BCUT2D eigenvalue weighted by atomic mass is 10.2. The van der Waals surface area contributed by atoms with Gasteiger partial charge in [-0.2, -0.15) is 13.2 Å². The van der Waals surface area contributed by atoms with Crippen molar-refractivity contribution in [2.45, 2.75) is 17.6 Å². The van der Waals surface area contributed by atoms with Crippen molar-refractivity contribution in [3.05, 3.63) is 69.8 Å². The summed E-state index contributed by atoms with van der Waals surface area (Å²) in [7, 11) is -4.36. The molecule has 0 heterocycles. The van der Waals surface area contributed by atoms with E-state index in [9.17, 15) is 36.5 Å². The SMILES string of the molecule is O=C(CNS(=O)(=O)c1cccc(C(F)(F)F)c1)NCc1ccccc1[N+](=O)[O-]. The fraction of sp³-hybridized carbons (Fsp3) is 0.188. The molecule has 0 saturated heterocycles. The molecular formula is C16H14F3N3O5S. The third-order valence-electron chi connectivity index (χ3n) is 3.56. The Hall–Kier alpha value is -2.99. The van der Waals surface area contributed by atoms with Gasteiger partial charge in [0.1, 0.15) is 0 Å². The highest BCUT2D eigenvalue weighted by Gasteiger charge is 2.31. The van der Waals surface area contributed by atoms with Gasteiger partial charge >= 0.3 is 6.18 Å². The van der Waals surface area contributed by atoms with Crippen LogP contribution in [0, 0.1) is 10.1 Å². The summed E-state index contributed by atoms with van der Waals surface area (Å²) in [6.45, 7) is -0.972. The maximum atomic E-state index is 12.7. The first-order valence-electron chi connectivity index (χ1n) is 7.66. The van der Waals surface area contributed by atoms with Crippen molar-refractivity contribution >= 4 is 21.6 Å². The molecule has 2 rings (SSSR count). The predicted octanol–water partition coefficient (Wildman–Crippen LogP) is 2.21. The molecule has 0 atom stereocenters. The van der Waals surface area contributed by atoms with E-state index in [1.165, 1.54) is 24.3 Å². The number of para-hydroxylation sites is 1. The van der Waals surface area contributed by atoms with Gasteiger partial charge in [0.05, 0.1) is 21.9 Å². The Kier molecular flexibility index (Phi) is 6.36. The minimum atomic E-state index is -4.71. The van der Waals surface area contributed by atoms with E-state index in [-0.39, 0.29) is 17.8 Å². The van der Waals surface area contributed by atoms with Gasteiger partial charge in [0.25, 0.3) is 5.69 Å². The zero-order chi connectivity index (χ0) is 20.9. The second kappa shape index (κ2) is 8.35. The van der Waals surface area contributed by atoms with Gasteiger partial charge in [-0.05, 0) is 18.2 Å². The number of amides is 1. The highest BCUT2D eigenvalue weighted by Crippen LogP contribution is 2.30. The lowest BCUT2D eigenvalue weighted by Crippen LogP contribution is -2.36. The topological polar surface area (TPSA) is 118 Å². The molecule has 2 aromatic rings. The van der Waals surface area contributed by atoms with Crippen LogP contribution in [0.3, 0.4) is 0 Å². The van der Waals surface area contributed by atoms with Crippen LogP contribution in [-0.2, 0) is 27.5 Å². The molecular weight excluding hydrogens is 403 g/mol. The molecule has 8 nitrogen and oxygen atoms in total. The highest BCUT2D eigenvalue weighted by molar-refractivity contribution is 7.89. The number of carbonyl (C=O) groups excluding carboxylic acids is 1. The van der Waals surface area contributed by atoms with Crippen LogP contribution >= 0.6 is 0 Å². The number of nitro groups is 1. The molecule has 150 valence electrons. The normalized spacial score (nSPS) is 11.8. The van der Waals surface area contributed by atoms with Crippen LogP contribution in [0.4, 0.5) is 18.9 Å². The molecule has 0 fully saturated rings. The van der Waals surface area contributed by atoms with Crippen LogP contribution < -0.4 is 10.0 Å². The molecule has 0 bridgehead atoms. The molecule has 0 aliphatic carbocycles. The maximum absolute atomic E-state index is 12.7. The molecule has 0 aliphatic rings. The van der Waals surface area contributed by atoms with Crippen molar-refractivity contribution in [2.24, 2.45) is 0 Å². The number of hydrogen-bond acceptors (Lipinski definition) is 5. The fourth-order valence-corrected chi connectivity index (χ4v) is 3.21. The third-order valence-corrected chi connectivity index (χ3v) is 4.96. The highest BCUT2D eigenvalue weighted by atomic mass is 32.2. The first-order valence-corrected chi connectivity index (χ1v) is 9.15. The van der Waals surface area contributed by atoms with Crippen LogP contribution in [0.2, 0.25) is 0 Å². The number of benzene rings is 2. The van der Waals surface area contributed by atoms with Crippen molar-refractivity contribution in [1.82, 2.24) is 10.0 Å². The summed E-state index contributed by atoms with van der Waals surface area (Å²) >= 11 is 0. The Morgan fingerprint density at radius 2 is 1.79 bits per heavy atom. The average molecular weight is 417 g/mol. The summed E-state index contributed by atoms with van der Waals surface area (Å²) in [6, 6.07) is 8.72. The monoisotopic (exact) mass is 417 g/mol. The van der Waals surface area contributed by atoms with Gasteiger partial charge < -0.3 is 5.32 Å². The molecule has 0 aromatic heterocycles. The number of carbonyl (C=O) groups is 1. The smallest absolute Gasteiger partial charge is 0.351 e. The first kappa shape index (κ1) is 21.3. The second-order valence-corrected chi connectivity index (χ2v) is 7.28. The van der Waals surface area contributed by atoms with E-state index in [4.69, 9.17) is 0 Å². The quantitative estimate of drug-likeness (QED) is 0.529. The number of nitrogens with zero attached hydrogens (tertiary/aromatic N) is 1.